The van der Waals surface area contributed by atoms with E-state index in [1.807, 2.05) is 0 Å². The summed E-state index contributed by atoms with van der Waals surface area (Å²) in [7, 11) is -3.59. The number of carbonyl (C=O) groups excluding carboxylic acids is 3. The van der Waals surface area contributed by atoms with E-state index in [9.17, 15) is 22.8 Å². The summed E-state index contributed by atoms with van der Waals surface area (Å²) in [5.74, 6) is -2.36. The highest BCUT2D eigenvalue weighted by Crippen LogP contribution is 2.10. The summed E-state index contributed by atoms with van der Waals surface area (Å²) in [5.41, 5.74) is 0.657. The van der Waals surface area contributed by atoms with Gasteiger partial charge >= 0.3 is 0 Å². The van der Waals surface area contributed by atoms with E-state index < -0.39 is 33.4 Å². The lowest BCUT2D eigenvalue weighted by atomic mass is 10.1. The van der Waals surface area contributed by atoms with Gasteiger partial charge in [-0.05, 0) is 31.2 Å². The maximum Gasteiger partial charge on any atom is 0.259 e. The standard InChI is InChI=1S/C16H20N4O5S/c1-4-20(10-17)16(23)14(9-26(3,24)25)19-15(22)12-5-7-13(8-6-12)18-11(2)21/h5-8,14H,4,9H2,1-3H3,(H,18,21)(H,19,22). The highest BCUT2D eigenvalue weighted by atomic mass is 32.2. The Labute approximate surface area is 151 Å². The van der Waals surface area contributed by atoms with Crippen LogP contribution in [0.5, 0.6) is 0 Å². The normalized spacial score (nSPS) is 11.8. The second kappa shape index (κ2) is 8.96. The minimum absolute atomic E-state index is 0.0525. The second-order valence-corrected chi connectivity index (χ2v) is 7.74. The molecule has 0 aliphatic heterocycles. The highest BCUT2D eigenvalue weighted by Gasteiger charge is 2.29. The summed E-state index contributed by atoms with van der Waals surface area (Å²) in [5, 5.41) is 13.9. The van der Waals surface area contributed by atoms with E-state index >= 15 is 0 Å². The summed E-state index contributed by atoms with van der Waals surface area (Å²) in [6.07, 6.45) is 2.59. The number of anilines is 1. The number of nitrogens with one attached hydrogen (secondary N) is 2. The van der Waals surface area contributed by atoms with E-state index in [1.54, 1.807) is 13.1 Å². The minimum atomic E-state index is -3.59. The first-order chi connectivity index (χ1) is 12.1. The predicted molar refractivity (Wildman–Crippen MR) is 94.7 cm³/mol. The Kier molecular flexibility index (Phi) is 7.28. The van der Waals surface area contributed by atoms with Crippen molar-refractivity contribution in [1.82, 2.24) is 10.2 Å². The molecular formula is C16H20N4O5S. The Morgan fingerprint density at radius 2 is 1.81 bits per heavy atom. The van der Waals surface area contributed by atoms with Crippen molar-refractivity contribution < 1.29 is 22.8 Å². The Bertz CT molecular complexity index is 827. The zero-order valence-electron chi connectivity index (χ0n) is 14.6. The molecule has 10 heteroatoms. The van der Waals surface area contributed by atoms with Gasteiger partial charge in [0.05, 0.1) is 5.75 Å². The Hall–Kier alpha value is -2.93. The average molecular weight is 380 g/mol. The lowest BCUT2D eigenvalue weighted by Gasteiger charge is -2.21. The molecule has 0 fully saturated rings. The van der Waals surface area contributed by atoms with Crippen LogP contribution in [0.3, 0.4) is 0 Å². The first-order valence-electron chi connectivity index (χ1n) is 7.64. The summed E-state index contributed by atoms with van der Waals surface area (Å²) < 4.78 is 23.1. The monoisotopic (exact) mass is 380 g/mol. The van der Waals surface area contributed by atoms with Crippen LogP contribution in [0.1, 0.15) is 24.2 Å². The minimum Gasteiger partial charge on any atom is -0.339 e. The van der Waals surface area contributed by atoms with Crippen molar-refractivity contribution >= 4 is 33.2 Å². The fourth-order valence-corrected chi connectivity index (χ4v) is 2.92. The number of nitriles is 1. The molecule has 0 aliphatic carbocycles. The summed E-state index contributed by atoms with van der Waals surface area (Å²) >= 11 is 0. The van der Waals surface area contributed by atoms with Crippen LogP contribution in [0.4, 0.5) is 5.69 Å². The number of nitrogens with zero attached hydrogens (tertiary/aromatic N) is 2. The van der Waals surface area contributed by atoms with Gasteiger partial charge in [0.1, 0.15) is 15.9 Å². The number of benzene rings is 1. The smallest absolute Gasteiger partial charge is 0.259 e. The molecule has 0 bridgehead atoms. The van der Waals surface area contributed by atoms with Gasteiger partial charge in [0.15, 0.2) is 6.19 Å². The number of carbonyl (C=O) groups is 3. The van der Waals surface area contributed by atoms with E-state index in [0.29, 0.717) is 5.69 Å². The van der Waals surface area contributed by atoms with Gasteiger partial charge in [-0.3, -0.25) is 14.4 Å². The molecule has 0 heterocycles. The molecule has 0 aromatic heterocycles. The first-order valence-corrected chi connectivity index (χ1v) is 9.70. The van der Waals surface area contributed by atoms with Crippen LogP contribution in [0.2, 0.25) is 0 Å². The highest BCUT2D eigenvalue weighted by molar-refractivity contribution is 7.90. The Morgan fingerprint density at radius 1 is 1.23 bits per heavy atom. The van der Waals surface area contributed by atoms with Crippen LogP contribution in [0.15, 0.2) is 24.3 Å². The first kappa shape index (κ1) is 21.1. The SMILES string of the molecule is CCN(C#N)C(=O)C(CS(C)(=O)=O)NC(=O)c1ccc(NC(C)=O)cc1. The molecular weight excluding hydrogens is 360 g/mol. The van der Waals surface area contributed by atoms with Crippen LogP contribution < -0.4 is 10.6 Å². The molecule has 0 aliphatic rings. The summed E-state index contributed by atoms with van der Waals surface area (Å²) in [6, 6.07) is 4.45. The molecule has 0 radical (unpaired) electrons. The lowest BCUT2D eigenvalue weighted by Crippen LogP contribution is -2.50. The van der Waals surface area contributed by atoms with E-state index in [0.717, 1.165) is 11.2 Å². The van der Waals surface area contributed by atoms with Crippen molar-refractivity contribution in [2.24, 2.45) is 0 Å². The Morgan fingerprint density at radius 3 is 2.23 bits per heavy atom. The van der Waals surface area contributed by atoms with Gasteiger partial charge in [0.2, 0.25) is 5.91 Å². The molecule has 140 valence electrons. The maximum atomic E-state index is 12.3. The largest absolute Gasteiger partial charge is 0.339 e. The molecule has 1 atom stereocenters. The molecule has 2 N–H and O–H groups in total. The van der Waals surface area contributed by atoms with Crippen LogP contribution in [0, 0.1) is 11.5 Å². The van der Waals surface area contributed by atoms with Gasteiger partial charge < -0.3 is 10.6 Å². The number of sulfone groups is 1. The molecule has 0 spiro atoms. The number of amides is 3. The van der Waals surface area contributed by atoms with Crippen LogP contribution >= 0.6 is 0 Å². The number of hydrogen-bond acceptors (Lipinski definition) is 6. The zero-order chi connectivity index (χ0) is 19.9. The van der Waals surface area contributed by atoms with E-state index in [-0.39, 0.29) is 18.0 Å². The lowest BCUT2D eigenvalue weighted by molar-refractivity contribution is -0.129. The van der Waals surface area contributed by atoms with Gasteiger partial charge in [-0.2, -0.15) is 5.26 Å². The summed E-state index contributed by atoms with van der Waals surface area (Å²) in [6.45, 7) is 2.95. The fraction of sp³-hybridized carbons (Fsp3) is 0.375. The van der Waals surface area contributed by atoms with Crippen LogP contribution in [0.25, 0.3) is 0 Å². The number of likely N-dealkylation sites (N-methyl/N-ethyl adjacent to an activating group) is 1. The van der Waals surface area contributed by atoms with Crippen molar-refractivity contribution in [2.75, 3.05) is 23.9 Å². The van der Waals surface area contributed by atoms with Crippen molar-refractivity contribution in [2.45, 2.75) is 19.9 Å². The van der Waals surface area contributed by atoms with Gasteiger partial charge in [-0.1, -0.05) is 0 Å². The number of rotatable bonds is 7. The third-order valence-electron chi connectivity index (χ3n) is 3.24. The molecule has 1 unspecified atom stereocenters. The van der Waals surface area contributed by atoms with Gasteiger partial charge in [-0.15, -0.1) is 0 Å². The summed E-state index contributed by atoms with van der Waals surface area (Å²) in [4.78, 5) is 36.4. The third kappa shape index (κ3) is 6.52. The maximum absolute atomic E-state index is 12.3. The topological polar surface area (TPSA) is 136 Å². The van der Waals surface area contributed by atoms with Crippen LogP contribution in [-0.2, 0) is 19.4 Å². The van der Waals surface area contributed by atoms with E-state index in [2.05, 4.69) is 10.6 Å². The molecule has 0 saturated heterocycles. The number of hydrogen-bond donors (Lipinski definition) is 2. The second-order valence-electron chi connectivity index (χ2n) is 5.56. The Balaban J connectivity index is 2.99. The average Bonchev–Trinajstić information content (AvgIpc) is 2.54. The van der Waals surface area contributed by atoms with Crippen molar-refractivity contribution in [1.29, 1.82) is 5.26 Å². The quantitative estimate of drug-likeness (QED) is 0.509. The fourth-order valence-electron chi connectivity index (χ4n) is 2.09. The molecule has 1 rings (SSSR count). The van der Waals surface area contributed by atoms with Crippen molar-refractivity contribution in [3.8, 4) is 6.19 Å². The zero-order valence-corrected chi connectivity index (χ0v) is 15.5. The van der Waals surface area contributed by atoms with E-state index in [4.69, 9.17) is 5.26 Å². The molecule has 1 aromatic carbocycles. The van der Waals surface area contributed by atoms with Crippen LogP contribution in [-0.4, -0.2) is 55.6 Å². The third-order valence-corrected chi connectivity index (χ3v) is 4.18. The molecule has 1 aromatic rings. The van der Waals surface area contributed by atoms with Crippen molar-refractivity contribution in [3.05, 3.63) is 29.8 Å². The predicted octanol–water partition coefficient (Wildman–Crippen LogP) is 0.118. The molecule has 9 nitrogen and oxygen atoms in total. The molecule has 0 saturated carbocycles. The van der Waals surface area contributed by atoms with Crippen molar-refractivity contribution in [3.63, 3.8) is 0 Å². The van der Waals surface area contributed by atoms with Gasteiger partial charge in [0, 0.05) is 31.0 Å². The molecule has 3 amide bonds. The molecule has 26 heavy (non-hydrogen) atoms. The van der Waals surface area contributed by atoms with E-state index in [1.165, 1.54) is 31.2 Å². The van der Waals surface area contributed by atoms with Gasteiger partial charge in [-0.25, -0.2) is 13.3 Å². The van der Waals surface area contributed by atoms with Gasteiger partial charge in [0.25, 0.3) is 11.8 Å².